The van der Waals surface area contributed by atoms with Crippen LogP contribution in [0.15, 0.2) is 29.0 Å². The standard InChI is InChI=1S/C11H14N4O/c1-8(15(2)3)9-7-10(16-14-9)11-12-5-4-6-13-11/h4-8H,1-3H3. The molecule has 2 rings (SSSR count). The summed E-state index contributed by atoms with van der Waals surface area (Å²) in [6.07, 6.45) is 3.36. The molecule has 0 bridgehead atoms. The van der Waals surface area contributed by atoms with Crippen LogP contribution in [0, 0.1) is 0 Å². The molecule has 2 aromatic heterocycles. The quantitative estimate of drug-likeness (QED) is 0.785. The van der Waals surface area contributed by atoms with Crippen molar-refractivity contribution in [3.05, 3.63) is 30.2 Å². The first kappa shape index (κ1) is 10.8. The Morgan fingerprint density at radius 1 is 1.25 bits per heavy atom. The van der Waals surface area contributed by atoms with E-state index in [9.17, 15) is 0 Å². The maximum atomic E-state index is 5.22. The lowest BCUT2D eigenvalue weighted by atomic mass is 10.2. The fraction of sp³-hybridized carbons (Fsp3) is 0.364. The minimum Gasteiger partial charge on any atom is -0.353 e. The van der Waals surface area contributed by atoms with Gasteiger partial charge in [-0.1, -0.05) is 5.16 Å². The molecule has 0 saturated carbocycles. The van der Waals surface area contributed by atoms with Crippen molar-refractivity contribution in [2.75, 3.05) is 14.1 Å². The van der Waals surface area contributed by atoms with E-state index in [0.29, 0.717) is 11.6 Å². The van der Waals surface area contributed by atoms with Gasteiger partial charge in [-0.15, -0.1) is 0 Å². The molecule has 0 fully saturated rings. The lowest BCUT2D eigenvalue weighted by Crippen LogP contribution is -2.16. The molecule has 0 saturated heterocycles. The Labute approximate surface area is 94.1 Å². The average Bonchev–Trinajstić information content (AvgIpc) is 2.78. The third-order valence-corrected chi connectivity index (χ3v) is 2.52. The highest BCUT2D eigenvalue weighted by Crippen LogP contribution is 2.21. The van der Waals surface area contributed by atoms with Crippen LogP contribution in [0.4, 0.5) is 0 Å². The lowest BCUT2D eigenvalue weighted by Gasteiger charge is -2.15. The Morgan fingerprint density at radius 3 is 2.56 bits per heavy atom. The van der Waals surface area contributed by atoms with Gasteiger partial charge in [-0.05, 0) is 27.1 Å². The first-order valence-corrected chi connectivity index (χ1v) is 5.09. The van der Waals surface area contributed by atoms with E-state index in [0.717, 1.165) is 5.69 Å². The maximum Gasteiger partial charge on any atom is 0.204 e. The van der Waals surface area contributed by atoms with Crippen LogP contribution in [0.3, 0.4) is 0 Å². The van der Waals surface area contributed by atoms with Crippen LogP contribution in [0.1, 0.15) is 18.7 Å². The molecule has 0 aliphatic heterocycles. The van der Waals surface area contributed by atoms with Crippen LogP contribution in [0.5, 0.6) is 0 Å². The number of hydrogen-bond acceptors (Lipinski definition) is 5. The van der Waals surface area contributed by atoms with E-state index in [-0.39, 0.29) is 6.04 Å². The Morgan fingerprint density at radius 2 is 1.94 bits per heavy atom. The largest absolute Gasteiger partial charge is 0.353 e. The van der Waals surface area contributed by atoms with Crippen molar-refractivity contribution in [3.63, 3.8) is 0 Å². The first-order chi connectivity index (χ1) is 7.68. The van der Waals surface area contributed by atoms with Gasteiger partial charge in [0.1, 0.15) is 5.69 Å². The molecule has 84 valence electrons. The highest BCUT2D eigenvalue weighted by Gasteiger charge is 2.15. The molecule has 2 heterocycles. The monoisotopic (exact) mass is 218 g/mol. The van der Waals surface area contributed by atoms with E-state index in [4.69, 9.17) is 4.52 Å². The first-order valence-electron chi connectivity index (χ1n) is 5.09. The summed E-state index contributed by atoms with van der Waals surface area (Å²) in [4.78, 5) is 10.3. The van der Waals surface area contributed by atoms with Crippen molar-refractivity contribution >= 4 is 0 Å². The van der Waals surface area contributed by atoms with Crippen LogP contribution >= 0.6 is 0 Å². The van der Waals surface area contributed by atoms with E-state index in [1.807, 2.05) is 20.2 Å². The zero-order valence-corrected chi connectivity index (χ0v) is 9.58. The topological polar surface area (TPSA) is 55.1 Å². The molecular weight excluding hydrogens is 204 g/mol. The Kier molecular flexibility index (Phi) is 2.96. The molecule has 0 N–H and O–H groups in total. The molecule has 1 unspecified atom stereocenters. The Hall–Kier alpha value is -1.75. The van der Waals surface area contributed by atoms with E-state index >= 15 is 0 Å². The Balaban J connectivity index is 2.27. The van der Waals surface area contributed by atoms with Crippen molar-refractivity contribution in [1.82, 2.24) is 20.0 Å². The number of nitrogens with zero attached hydrogens (tertiary/aromatic N) is 4. The van der Waals surface area contributed by atoms with Crippen LogP contribution in [-0.2, 0) is 0 Å². The highest BCUT2D eigenvalue weighted by molar-refractivity contribution is 5.46. The lowest BCUT2D eigenvalue weighted by molar-refractivity contribution is 0.300. The molecule has 0 aromatic carbocycles. The van der Waals surface area contributed by atoms with Crippen LogP contribution in [0.2, 0.25) is 0 Å². The van der Waals surface area contributed by atoms with E-state index < -0.39 is 0 Å². The fourth-order valence-corrected chi connectivity index (χ4v) is 1.28. The van der Waals surface area contributed by atoms with Gasteiger partial charge in [0.05, 0.1) is 6.04 Å². The summed E-state index contributed by atoms with van der Waals surface area (Å²) in [5.74, 6) is 1.16. The van der Waals surface area contributed by atoms with Crippen LogP contribution < -0.4 is 0 Å². The van der Waals surface area contributed by atoms with Gasteiger partial charge in [0.25, 0.3) is 0 Å². The van der Waals surface area contributed by atoms with Gasteiger partial charge in [-0.3, -0.25) is 0 Å². The van der Waals surface area contributed by atoms with Crippen molar-refractivity contribution in [2.24, 2.45) is 0 Å². The molecule has 0 aliphatic rings. The van der Waals surface area contributed by atoms with E-state index in [1.54, 1.807) is 18.5 Å². The maximum absolute atomic E-state index is 5.22. The summed E-state index contributed by atoms with van der Waals surface area (Å²) < 4.78 is 5.22. The summed E-state index contributed by atoms with van der Waals surface area (Å²) in [6.45, 7) is 2.06. The zero-order chi connectivity index (χ0) is 11.5. The van der Waals surface area contributed by atoms with Gasteiger partial charge in [0, 0.05) is 18.5 Å². The molecule has 5 heteroatoms. The summed E-state index contributed by atoms with van der Waals surface area (Å²) in [5, 5.41) is 4.02. The van der Waals surface area contributed by atoms with Gasteiger partial charge in [-0.2, -0.15) is 0 Å². The average molecular weight is 218 g/mol. The summed E-state index contributed by atoms with van der Waals surface area (Å²) in [5.41, 5.74) is 0.882. The van der Waals surface area contributed by atoms with Gasteiger partial charge < -0.3 is 9.42 Å². The minimum absolute atomic E-state index is 0.209. The van der Waals surface area contributed by atoms with E-state index in [1.165, 1.54) is 0 Å². The SMILES string of the molecule is CC(c1cc(-c2ncccn2)on1)N(C)C. The zero-order valence-electron chi connectivity index (χ0n) is 9.58. The number of aromatic nitrogens is 3. The molecule has 1 atom stereocenters. The predicted octanol–water partition coefficient (Wildman–Crippen LogP) is 1.75. The normalized spacial score (nSPS) is 13.0. The predicted molar refractivity (Wildman–Crippen MR) is 59.6 cm³/mol. The molecule has 16 heavy (non-hydrogen) atoms. The summed E-state index contributed by atoms with van der Waals surface area (Å²) >= 11 is 0. The molecule has 0 amide bonds. The van der Waals surface area contributed by atoms with Crippen molar-refractivity contribution < 1.29 is 4.52 Å². The third kappa shape index (κ3) is 2.09. The van der Waals surface area contributed by atoms with Gasteiger partial charge >= 0.3 is 0 Å². The van der Waals surface area contributed by atoms with Gasteiger partial charge in [-0.25, -0.2) is 9.97 Å². The molecule has 0 aliphatic carbocycles. The fourth-order valence-electron chi connectivity index (χ4n) is 1.28. The molecule has 2 aromatic rings. The molecule has 5 nitrogen and oxygen atoms in total. The van der Waals surface area contributed by atoms with Crippen LogP contribution in [-0.4, -0.2) is 34.1 Å². The molecular formula is C11H14N4O. The van der Waals surface area contributed by atoms with Crippen molar-refractivity contribution in [1.29, 1.82) is 0 Å². The third-order valence-electron chi connectivity index (χ3n) is 2.52. The van der Waals surface area contributed by atoms with Crippen molar-refractivity contribution in [2.45, 2.75) is 13.0 Å². The molecule has 0 radical (unpaired) electrons. The molecule has 0 spiro atoms. The summed E-state index contributed by atoms with van der Waals surface area (Å²) in [6, 6.07) is 3.85. The smallest absolute Gasteiger partial charge is 0.204 e. The van der Waals surface area contributed by atoms with Crippen molar-refractivity contribution in [3.8, 4) is 11.6 Å². The number of hydrogen-bond donors (Lipinski definition) is 0. The van der Waals surface area contributed by atoms with E-state index in [2.05, 4.69) is 26.9 Å². The van der Waals surface area contributed by atoms with Gasteiger partial charge in [0.2, 0.25) is 5.76 Å². The second-order valence-corrected chi connectivity index (χ2v) is 3.83. The highest BCUT2D eigenvalue weighted by atomic mass is 16.5. The second kappa shape index (κ2) is 4.40. The second-order valence-electron chi connectivity index (χ2n) is 3.83. The number of rotatable bonds is 3. The summed E-state index contributed by atoms with van der Waals surface area (Å²) in [7, 11) is 4.00. The Bertz CT molecular complexity index is 452. The van der Waals surface area contributed by atoms with Crippen LogP contribution in [0.25, 0.3) is 11.6 Å². The minimum atomic E-state index is 0.209. The van der Waals surface area contributed by atoms with Gasteiger partial charge in [0.15, 0.2) is 5.82 Å².